The fraction of sp³-hybridized carbons (Fsp3) is 0.167. The van der Waals surface area contributed by atoms with Crippen LogP contribution >= 0.6 is 11.3 Å². The lowest BCUT2D eigenvalue weighted by Gasteiger charge is -2.10. The van der Waals surface area contributed by atoms with E-state index in [2.05, 4.69) is 0 Å². The lowest BCUT2D eigenvalue weighted by atomic mass is 10.0. The Balaban J connectivity index is 2.34. The summed E-state index contributed by atoms with van der Waals surface area (Å²) in [4.78, 5) is 1.05. The van der Waals surface area contributed by atoms with Gasteiger partial charge in [-0.05, 0) is 35.6 Å². The third kappa shape index (κ3) is 2.08. The summed E-state index contributed by atoms with van der Waals surface area (Å²) in [6, 6.07) is 8.85. The smallest absolute Gasteiger partial charge is 0.126 e. The van der Waals surface area contributed by atoms with Gasteiger partial charge in [-0.15, -0.1) is 11.3 Å². The van der Waals surface area contributed by atoms with Crippen LogP contribution in [0.15, 0.2) is 35.7 Å². The maximum atomic E-state index is 13.3. The topological polar surface area (TPSA) is 26.0 Å². The molecule has 2 rings (SSSR count). The zero-order valence-electron chi connectivity index (χ0n) is 8.41. The second kappa shape index (κ2) is 4.13. The van der Waals surface area contributed by atoms with E-state index in [1.165, 1.54) is 6.07 Å². The van der Waals surface area contributed by atoms with Gasteiger partial charge in [0.05, 0.1) is 6.04 Å². The molecule has 0 amide bonds. The molecule has 0 bridgehead atoms. The Morgan fingerprint density at radius 2 is 2.13 bits per heavy atom. The Bertz CT molecular complexity index is 451. The Morgan fingerprint density at radius 3 is 2.73 bits per heavy atom. The maximum Gasteiger partial charge on any atom is 0.126 e. The highest BCUT2D eigenvalue weighted by atomic mass is 32.1. The van der Waals surface area contributed by atoms with Crippen LogP contribution in [0.25, 0.3) is 0 Å². The van der Waals surface area contributed by atoms with Crippen molar-refractivity contribution < 1.29 is 4.39 Å². The predicted molar refractivity (Wildman–Crippen MR) is 61.5 cm³/mol. The van der Waals surface area contributed by atoms with Gasteiger partial charge < -0.3 is 5.73 Å². The maximum absolute atomic E-state index is 13.3. The quantitative estimate of drug-likeness (QED) is 0.827. The van der Waals surface area contributed by atoms with Gasteiger partial charge >= 0.3 is 0 Å². The van der Waals surface area contributed by atoms with Crippen LogP contribution in [0.4, 0.5) is 4.39 Å². The Kier molecular flexibility index (Phi) is 2.84. The van der Waals surface area contributed by atoms with Crippen LogP contribution in [0.2, 0.25) is 0 Å². The molecule has 0 saturated heterocycles. The van der Waals surface area contributed by atoms with E-state index in [4.69, 9.17) is 5.73 Å². The Morgan fingerprint density at radius 1 is 1.33 bits per heavy atom. The van der Waals surface area contributed by atoms with Crippen molar-refractivity contribution in [2.24, 2.45) is 5.73 Å². The summed E-state index contributed by atoms with van der Waals surface area (Å²) in [6.07, 6.45) is 0. The van der Waals surface area contributed by atoms with E-state index in [-0.39, 0.29) is 11.9 Å². The van der Waals surface area contributed by atoms with E-state index >= 15 is 0 Å². The number of benzene rings is 1. The molecule has 0 radical (unpaired) electrons. The molecule has 0 saturated carbocycles. The number of nitrogens with two attached hydrogens (primary N) is 1. The minimum atomic E-state index is -0.222. The molecule has 1 heterocycles. The number of hydrogen-bond donors (Lipinski definition) is 1. The van der Waals surface area contributed by atoms with Gasteiger partial charge in [0, 0.05) is 4.88 Å². The molecule has 15 heavy (non-hydrogen) atoms. The molecular weight excluding hydrogens is 209 g/mol. The summed E-state index contributed by atoms with van der Waals surface area (Å²) >= 11 is 1.59. The zero-order valence-corrected chi connectivity index (χ0v) is 9.22. The molecule has 1 aromatic heterocycles. The molecule has 1 atom stereocenters. The highest BCUT2D eigenvalue weighted by Gasteiger charge is 2.10. The molecule has 0 unspecified atom stereocenters. The predicted octanol–water partition coefficient (Wildman–Crippen LogP) is 3.24. The molecule has 0 fully saturated rings. The second-order valence-corrected chi connectivity index (χ2v) is 4.48. The zero-order chi connectivity index (χ0) is 10.8. The van der Waals surface area contributed by atoms with Crippen molar-refractivity contribution in [2.75, 3.05) is 0 Å². The van der Waals surface area contributed by atoms with Gasteiger partial charge in [-0.25, -0.2) is 4.39 Å². The summed E-state index contributed by atoms with van der Waals surface area (Å²) in [6.45, 7) is 1.75. The Labute approximate surface area is 92.4 Å². The Hall–Kier alpha value is -1.19. The van der Waals surface area contributed by atoms with Crippen LogP contribution in [-0.4, -0.2) is 0 Å². The van der Waals surface area contributed by atoms with Crippen LogP contribution in [-0.2, 0) is 0 Å². The van der Waals surface area contributed by atoms with E-state index in [9.17, 15) is 4.39 Å². The fourth-order valence-corrected chi connectivity index (χ4v) is 2.19. The molecule has 0 aliphatic rings. The number of hydrogen-bond acceptors (Lipinski definition) is 2. The number of aryl methyl sites for hydroxylation is 1. The van der Waals surface area contributed by atoms with E-state index in [0.29, 0.717) is 5.56 Å². The molecule has 0 aliphatic heterocycles. The molecule has 0 aliphatic carbocycles. The minimum Gasteiger partial charge on any atom is -0.320 e. The average molecular weight is 221 g/mol. The summed E-state index contributed by atoms with van der Waals surface area (Å²) in [5.41, 5.74) is 7.49. The normalized spacial score (nSPS) is 12.7. The van der Waals surface area contributed by atoms with E-state index in [1.54, 1.807) is 24.3 Å². The molecule has 2 N–H and O–H groups in total. The summed E-state index contributed by atoms with van der Waals surface area (Å²) in [5.74, 6) is -0.195. The first-order chi connectivity index (χ1) is 7.18. The second-order valence-electron chi connectivity index (χ2n) is 3.50. The standard InChI is InChI=1S/C12H12FNS/c1-8-4-5-9(7-10(8)13)12(14)11-3-2-6-15-11/h2-7,12H,14H2,1H3/t12-/m1/s1. The van der Waals surface area contributed by atoms with Crippen molar-refractivity contribution in [3.05, 3.63) is 57.5 Å². The first kappa shape index (κ1) is 10.3. The first-order valence-corrected chi connectivity index (χ1v) is 5.61. The van der Waals surface area contributed by atoms with Crippen LogP contribution < -0.4 is 5.73 Å². The van der Waals surface area contributed by atoms with Crippen molar-refractivity contribution in [1.29, 1.82) is 0 Å². The van der Waals surface area contributed by atoms with Crippen LogP contribution in [0.3, 0.4) is 0 Å². The first-order valence-electron chi connectivity index (χ1n) is 4.73. The van der Waals surface area contributed by atoms with Gasteiger partial charge in [-0.1, -0.05) is 18.2 Å². The molecule has 0 spiro atoms. The van der Waals surface area contributed by atoms with Crippen LogP contribution in [0.5, 0.6) is 0 Å². The number of halogens is 1. The molecule has 2 aromatic rings. The number of thiophene rings is 1. The largest absolute Gasteiger partial charge is 0.320 e. The highest BCUT2D eigenvalue weighted by Crippen LogP contribution is 2.24. The third-order valence-corrected chi connectivity index (χ3v) is 3.36. The van der Waals surface area contributed by atoms with E-state index in [0.717, 1.165) is 10.4 Å². The van der Waals surface area contributed by atoms with Crippen LogP contribution in [0, 0.1) is 12.7 Å². The van der Waals surface area contributed by atoms with Crippen LogP contribution in [0.1, 0.15) is 22.0 Å². The van der Waals surface area contributed by atoms with Crippen molar-refractivity contribution in [3.8, 4) is 0 Å². The number of rotatable bonds is 2. The monoisotopic (exact) mass is 221 g/mol. The van der Waals surface area contributed by atoms with Gasteiger partial charge in [-0.2, -0.15) is 0 Å². The highest BCUT2D eigenvalue weighted by molar-refractivity contribution is 7.10. The van der Waals surface area contributed by atoms with Gasteiger partial charge in [0.15, 0.2) is 0 Å². The molecule has 78 valence electrons. The summed E-state index contributed by atoms with van der Waals surface area (Å²) < 4.78 is 13.3. The van der Waals surface area contributed by atoms with Crippen molar-refractivity contribution in [3.63, 3.8) is 0 Å². The molecular formula is C12H12FNS. The summed E-state index contributed by atoms with van der Waals surface area (Å²) in [7, 11) is 0. The molecule has 3 heteroatoms. The SMILES string of the molecule is Cc1ccc([C@@H](N)c2cccs2)cc1F. The van der Waals surface area contributed by atoms with E-state index in [1.807, 2.05) is 23.6 Å². The van der Waals surface area contributed by atoms with Gasteiger partial charge in [0.25, 0.3) is 0 Å². The summed E-state index contributed by atoms with van der Waals surface area (Å²) in [5, 5.41) is 1.97. The van der Waals surface area contributed by atoms with Crippen molar-refractivity contribution in [1.82, 2.24) is 0 Å². The minimum absolute atomic E-state index is 0.195. The van der Waals surface area contributed by atoms with Crippen molar-refractivity contribution in [2.45, 2.75) is 13.0 Å². The lowest BCUT2D eigenvalue weighted by Crippen LogP contribution is -2.10. The van der Waals surface area contributed by atoms with Gasteiger partial charge in [0.1, 0.15) is 5.82 Å². The fourth-order valence-electron chi connectivity index (χ4n) is 1.44. The molecule has 1 aromatic carbocycles. The van der Waals surface area contributed by atoms with Crippen molar-refractivity contribution >= 4 is 11.3 Å². The third-order valence-electron chi connectivity index (χ3n) is 2.40. The van der Waals surface area contributed by atoms with E-state index < -0.39 is 0 Å². The van der Waals surface area contributed by atoms with Gasteiger partial charge in [-0.3, -0.25) is 0 Å². The molecule has 1 nitrogen and oxygen atoms in total. The lowest BCUT2D eigenvalue weighted by molar-refractivity contribution is 0.614. The average Bonchev–Trinajstić information content (AvgIpc) is 2.74. The van der Waals surface area contributed by atoms with Gasteiger partial charge in [0.2, 0.25) is 0 Å².